The van der Waals surface area contributed by atoms with Crippen molar-refractivity contribution in [2.75, 3.05) is 26.2 Å². The van der Waals surface area contributed by atoms with E-state index in [-0.39, 0.29) is 5.91 Å². The summed E-state index contributed by atoms with van der Waals surface area (Å²) in [7, 11) is 0. The first-order chi connectivity index (χ1) is 16.0. The molecule has 1 aliphatic heterocycles. The molecule has 1 amide bonds. The fourth-order valence-corrected chi connectivity index (χ4v) is 4.93. The van der Waals surface area contributed by atoms with Crippen LogP contribution in [0, 0.1) is 0 Å². The van der Waals surface area contributed by atoms with Gasteiger partial charge in [-0.3, -0.25) is 9.69 Å². The molecule has 0 aliphatic carbocycles. The van der Waals surface area contributed by atoms with Gasteiger partial charge in [-0.2, -0.15) is 0 Å². The molecule has 33 heavy (non-hydrogen) atoms. The molecular weight excluding hydrogens is 521 g/mol. The molecule has 1 aromatic heterocycles. The van der Waals surface area contributed by atoms with E-state index in [2.05, 4.69) is 31.5 Å². The summed E-state index contributed by atoms with van der Waals surface area (Å²) in [6.45, 7) is 3.81. The lowest BCUT2D eigenvalue weighted by Gasteiger charge is -2.34. The van der Waals surface area contributed by atoms with Gasteiger partial charge >= 0.3 is 0 Å². The van der Waals surface area contributed by atoms with Gasteiger partial charge in [0.05, 0.1) is 21.1 Å². The van der Waals surface area contributed by atoms with Crippen molar-refractivity contribution < 1.29 is 4.79 Å². The Bertz CT molecular complexity index is 1310. The highest BCUT2D eigenvalue weighted by atomic mass is 79.9. The molecule has 0 radical (unpaired) electrons. The summed E-state index contributed by atoms with van der Waals surface area (Å²) in [6.07, 6.45) is 1.97. The standard InChI is InChI=1S/C26H22BrCl2N3O/c27-19-6-8-20(9-7-19)32-17-22(21-3-1-2-4-25(21)32)26(33)31-13-11-30(12-14-31)16-18-5-10-23(28)24(29)15-18/h1-10,15,17H,11-14,16H2. The number of aromatic nitrogens is 1. The lowest BCUT2D eigenvalue weighted by Crippen LogP contribution is -2.48. The normalized spacial score (nSPS) is 14.7. The highest BCUT2D eigenvalue weighted by Gasteiger charge is 2.25. The Kier molecular flexibility index (Phi) is 6.48. The number of piperazine rings is 1. The molecule has 0 unspecified atom stereocenters. The summed E-state index contributed by atoms with van der Waals surface area (Å²) >= 11 is 15.7. The van der Waals surface area contributed by atoms with Crippen LogP contribution in [0.5, 0.6) is 0 Å². The molecule has 3 aromatic carbocycles. The van der Waals surface area contributed by atoms with E-state index in [1.54, 1.807) is 0 Å². The van der Waals surface area contributed by atoms with Crippen LogP contribution in [-0.2, 0) is 6.54 Å². The van der Waals surface area contributed by atoms with Crippen molar-refractivity contribution in [2.24, 2.45) is 0 Å². The zero-order valence-electron chi connectivity index (χ0n) is 17.8. The number of hydrogen-bond donors (Lipinski definition) is 0. The van der Waals surface area contributed by atoms with Crippen LogP contribution in [0.1, 0.15) is 15.9 Å². The highest BCUT2D eigenvalue weighted by molar-refractivity contribution is 9.10. The third-order valence-corrected chi connectivity index (χ3v) is 7.36. The van der Waals surface area contributed by atoms with E-state index in [9.17, 15) is 4.79 Å². The summed E-state index contributed by atoms with van der Waals surface area (Å²) in [4.78, 5) is 17.8. The Labute approximate surface area is 211 Å². The van der Waals surface area contributed by atoms with Crippen LogP contribution in [0.25, 0.3) is 16.6 Å². The highest BCUT2D eigenvalue weighted by Crippen LogP contribution is 2.28. The number of halogens is 3. The first-order valence-electron chi connectivity index (χ1n) is 10.8. The third-order valence-electron chi connectivity index (χ3n) is 6.10. The van der Waals surface area contributed by atoms with Gasteiger partial charge in [0, 0.05) is 54.5 Å². The molecule has 0 atom stereocenters. The molecule has 7 heteroatoms. The molecule has 168 valence electrons. The topological polar surface area (TPSA) is 28.5 Å². The maximum absolute atomic E-state index is 13.5. The molecule has 0 saturated carbocycles. The van der Waals surface area contributed by atoms with Crippen LogP contribution >= 0.6 is 39.1 Å². The van der Waals surface area contributed by atoms with E-state index < -0.39 is 0 Å². The SMILES string of the molecule is O=C(c1cn(-c2ccc(Br)cc2)c2ccccc12)N1CCN(Cc2ccc(Cl)c(Cl)c2)CC1. The van der Waals surface area contributed by atoms with Crippen molar-refractivity contribution in [3.05, 3.63) is 98.6 Å². The molecular formula is C26H22BrCl2N3O. The maximum Gasteiger partial charge on any atom is 0.256 e. The zero-order chi connectivity index (χ0) is 22.9. The van der Waals surface area contributed by atoms with Crippen LogP contribution < -0.4 is 0 Å². The first kappa shape index (κ1) is 22.5. The molecule has 0 bridgehead atoms. The van der Waals surface area contributed by atoms with Crippen molar-refractivity contribution in [1.82, 2.24) is 14.4 Å². The number of amides is 1. The molecule has 0 spiro atoms. The van der Waals surface area contributed by atoms with E-state index in [1.165, 1.54) is 0 Å². The summed E-state index contributed by atoms with van der Waals surface area (Å²) in [5.74, 6) is 0.0799. The Morgan fingerprint density at radius 2 is 1.61 bits per heavy atom. The Morgan fingerprint density at radius 3 is 2.33 bits per heavy atom. The second kappa shape index (κ2) is 9.51. The molecule has 4 aromatic rings. The van der Waals surface area contributed by atoms with E-state index in [0.717, 1.165) is 51.8 Å². The predicted molar refractivity (Wildman–Crippen MR) is 139 cm³/mol. The van der Waals surface area contributed by atoms with Gasteiger partial charge in [-0.15, -0.1) is 0 Å². The molecule has 4 nitrogen and oxygen atoms in total. The Morgan fingerprint density at radius 1 is 0.879 bits per heavy atom. The zero-order valence-corrected chi connectivity index (χ0v) is 20.9. The molecule has 1 fully saturated rings. The maximum atomic E-state index is 13.5. The third kappa shape index (κ3) is 4.69. The van der Waals surface area contributed by atoms with Gasteiger partial charge < -0.3 is 9.47 Å². The van der Waals surface area contributed by atoms with Gasteiger partial charge in [0.1, 0.15) is 0 Å². The van der Waals surface area contributed by atoms with Crippen molar-refractivity contribution >= 4 is 55.9 Å². The summed E-state index contributed by atoms with van der Waals surface area (Å²) in [6, 6.07) is 22.0. The van der Waals surface area contributed by atoms with Crippen LogP contribution in [-0.4, -0.2) is 46.5 Å². The van der Waals surface area contributed by atoms with Gasteiger partial charge in [0.2, 0.25) is 0 Å². The van der Waals surface area contributed by atoms with Crippen molar-refractivity contribution in [3.8, 4) is 5.69 Å². The molecule has 5 rings (SSSR count). The lowest BCUT2D eigenvalue weighted by molar-refractivity contribution is 0.0630. The average molecular weight is 543 g/mol. The minimum Gasteiger partial charge on any atom is -0.336 e. The monoisotopic (exact) mass is 541 g/mol. The fraction of sp³-hybridized carbons (Fsp3) is 0.192. The van der Waals surface area contributed by atoms with Crippen LogP contribution in [0.15, 0.2) is 77.4 Å². The minimum atomic E-state index is 0.0799. The van der Waals surface area contributed by atoms with E-state index >= 15 is 0 Å². The van der Waals surface area contributed by atoms with E-state index in [4.69, 9.17) is 23.2 Å². The fourth-order valence-electron chi connectivity index (χ4n) is 4.34. The number of benzene rings is 3. The molecule has 2 heterocycles. The smallest absolute Gasteiger partial charge is 0.256 e. The lowest BCUT2D eigenvalue weighted by atomic mass is 10.1. The molecule has 0 N–H and O–H groups in total. The van der Waals surface area contributed by atoms with Gasteiger partial charge in [0.15, 0.2) is 0 Å². The van der Waals surface area contributed by atoms with Crippen LogP contribution in [0.2, 0.25) is 10.0 Å². The Balaban J connectivity index is 1.33. The van der Waals surface area contributed by atoms with Gasteiger partial charge in [-0.05, 0) is 48.0 Å². The van der Waals surface area contributed by atoms with Gasteiger partial charge in [0.25, 0.3) is 5.91 Å². The minimum absolute atomic E-state index is 0.0799. The second-order valence-corrected chi connectivity index (χ2v) is 9.95. The summed E-state index contributed by atoms with van der Waals surface area (Å²) < 4.78 is 3.12. The van der Waals surface area contributed by atoms with E-state index in [0.29, 0.717) is 23.1 Å². The largest absolute Gasteiger partial charge is 0.336 e. The van der Waals surface area contributed by atoms with Crippen LogP contribution in [0.3, 0.4) is 0 Å². The number of para-hydroxylation sites is 1. The van der Waals surface area contributed by atoms with Crippen molar-refractivity contribution in [2.45, 2.75) is 6.54 Å². The molecule has 1 saturated heterocycles. The molecule has 1 aliphatic rings. The number of carbonyl (C=O) groups is 1. The van der Waals surface area contributed by atoms with E-state index in [1.807, 2.05) is 71.8 Å². The second-order valence-electron chi connectivity index (χ2n) is 8.22. The predicted octanol–water partition coefficient (Wildman–Crippen LogP) is 6.66. The van der Waals surface area contributed by atoms with Crippen molar-refractivity contribution in [3.63, 3.8) is 0 Å². The number of nitrogens with zero attached hydrogens (tertiary/aromatic N) is 3. The number of hydrogen-bond acceptors (Lipinski definition) is 2. The van der Waals surface area contributed by atoms with Gasteiger partial charge in [-0.25, -0.2) is 0 Å². The average Bonchev–Trinajstić information content (AvgIpc) is 3.22. The Hall–Kier alpha value is -2.31. The number of rotatable bonds is 4. The van der Waals surface area contributed by atoms with Crippen molar-refractivity contribution in [1.29, 1.82) is 0 Å². The summed E-state index contributed by atoms with van der Waals surface area (Å²) in [5.41, 5.74) is 3.93. The number of carbonyl (C=O) groups excluding carboxylic acids is 1. The quantitative estimate of drug-likeness (QED) is 0.288. The number of fused-ring (bicyclic) bond motifs is 1. The van der Waals surface area contributed by atoms with Gasteiger partial charge in [-0.1, -0.05) is 63.4 Å². The van der Waals surface area contributed by atoms with Crippen LogP contribution in [0.4, 0.5) is 0 Å². The summed E-state index contributed by atoms with van der Waals surface area (Å²) in [5, 5.41) is 2.12. The first-order valence-corrected chi connectivity index (χ1v) is 12.4.